The molecule has 1 amide bonds. The maximum Gasteiger partial charge on any atom is 0.253 e. The van der Waals surface area contributed by atoms with E-state index in [0.29, 0.717) is 0 Å². The molecular formula is C28H34N6OS. The number of amides is 1. The summed E-state index contributed by atoms with van der Waals surface area (Å²) in [7, 11) is 2.10. The van der Waals surface area contributed by atoms with Crippen LogP contribution < -0.4 is 10.1 Å². The lowest BCUT2D eigenvalue weighted by molar-refractivity contribution is 0.0537. The molecule has 7 nitrogen and oxygen atoms in total. The number of nitrogens with one attached hydrogen (secondary N) is 2. The van der Waals surface area contributed by atoms with E-state index in [-0.39, 0.29) is 11.3 Å². The zero-order valence-electron chi connectivity index (χ0n) is 21.0. The molecule has 2 aromatic carbocycles. The van der Waals surface area contributed by atoms with Gasteiger partial charge in [0.2, 0.25) is 0 Å². The summed E-state index contributed by atoms with van der Waals surface area (Å²) < 4.78 is 3.37. The smallest absolute Gasteiger partial charge is 0.253 e. The molecule has 1 aromatic heterocycles. The van der Waals surface area contributed by atoms with Gasteiger partial charge in [0.25, 0.3) is 5.91 Å². The highest BCUT2D eigenvalue weighted by atomic mass is 32.2. The second kappa shape index (κ2) is 10.9. The molecule has 1 fully saturated rings. The topological polar surface area (TPSA) is 73.4 Å². The number of rotatable bonds is 8. The van der Waals surface area contributed by atoms with Crippen molar-refractivity contribution in [1.29, 1.82) is 0 Å². The Morgan fingerprint density at radius 3 is 2.61 bits per heavy atom. The van der Waals surface area contributed by atoms with E-state index in [9.17, 15) is 4.79 Å². The van der Waals surface area contributed by atoms with Crippen LogP contribution in [0.5, 0.6) is 0 Å². The molecule has 188 valence electrons. The van der Waals surface area contributed by atoms with E-state index >= 15 is 0 Å². The molecule has 0 spiro atoms. The first-order chi connectivity index (χ1) is 17.6. The van der Waals surface area contributed by atoms with Gasteiger partial charge in [-0.15, -0.1) is 0 Å². The fourth-order valence-corrected chi connectivity index (χ4v) is 6.13. The maximum absolute atomic E-state index is 13.3. The Balaban J connectivity index is 1.18. The summed E-state index contributed by atoms with van der Waals surface area (Å²) in [6.45, 7) is 4.83. The molecule has 8 heteroatoms. The summed E-state index contributed by atoms with van der Waals surface area (Å²) in [6, 6.07) is 13.8. The fourth-order valence-electron chi connectivity index (χ4n) is 5.37. The van der Waals surface area contributed by atoms with E-state index in [1.165, 1.54) is 30.5 Å². The number of aromatic nitrogens is 2. The van der Waals surface area contributed by atoms with E-state index < -0.39 is 0 Å². The van der Waals surface area contributed by atoms with Crippen LogP contribution in [-0.2, 0) is 0 Å². The number of benzene rings is 2. The third-order valence-electron chi connectivity index (χ3n) is 7.42. The molecular weight excluding hydrogens is 468 g/mol. The predicted octanol–water partition coefficient (Wildman–Crippen LogP) is 5.50. The van der Waals surface area contributed by atoms with Crippen LogP contribution in [-0.4, -0.2) is 52.5 Å². The highest BCUT2D eigenvalue weighted by molar-refractivity contribution is 8.00. The average molecular weight is 503 g/mol. The summed E-state index contributed by atoms with van der Waals surface area (Å²) in [5, 5.41) is 2.16. The van der Waals surface area contributed by atoms with Crippen molar-refractivity contribution in [3.05, 3.63) is 72.2 Å². The van der Waals surface area contributed by atoms with Gasteiger partial charge in [-0.1, -0.05) is 19.4 Å². The molecule has 1 saturated heterocycles. The molecule has 0 bridgehead atoms. The second-order valence-corrected chi connectivity index (χ2v) is 10.6. The SMILES string of the molecule is CCCC1(CC2=CCNN2C)CCN(C(=O)c2ccc(NSc3cccc4nccnc34)cc2)CC1. The molecule has 0 unspecified atom stereocenters. The molecule has 3 heterocycles. The van der Waals surface area contributed by atoms with E-state index in [1.807, 2.05) is 47.4 Å². The van der Waals surface area contributed by atoms with Crippen LogP contribution >= 0.6 is 11.9 Å². The molecule has 0 atom stereocenters. The molecule has 0 radical (unpaired) electrons. The second-order valence-electron chi connectivity index (χ2n) is 9.80. The first kappa shape index (κ1) is 24.6. The highest BCUT2D eigenvalue weighted by Gasteiger charge is 2.37. The van der Waals surface area contributed by atoms with Crippen molar-refractivity contribution in [2.24, 2.45) is 5.41 Å². The first-order valence-electron chi connectivity index (χ1n) is 12.8. The van der Waals surface area contributed by atoms with Crippen LogP contribution in [0.15, 0.2) is 71.5 Å². The van der Waals surface area contributed by atoms with Crippen molar-refractivity contribution < 1.29 is 4.79 Å². The van der Waals surface area contributed by atoms with Crippen molar-refractivity contribution in [3.63, 3.8) is 0 Å². The van der Waals surface area contributed by atoms with Gasteiger partial charge >= 0.3 is 0 Å². The summed E-state index contributed by atoms with van der Waals surface area (Å²) in [4.78, 5) is 25.1. The molecule has 2 aliphatic rings. The molecule has 36 heavy (non-hydrogen) atoms. The van der Waals surface area contributed by atoms with Crippen LogP contribution in [0.1, 0.15) is 49.4 Å². The minimum Gasteiger partial charge on any atom is -0.339 e. The van der Waals surface area contributed by atoms with E-state index in [0.717, 1.165) is 66.1 Å². The van der Waals surface area contributed by atoms with E-state index in [4.69, 9.17) is 0 Å². The lowest BCUT2D eigenvalue weighted by atomic mass is 9.71. The number of carbonyl (C=O) groups excluding carboxylic acids is 1. The Morgan fingerprint density at radius 1 is 1.11 bits per heavy atom. The maximum atomic E-state index is 13.3. The Hall–Kier alpha value is -3.10. The van der Waals surface area contributed by atoms with Gasteiger partial charge in [-0.3, -0.25) is 14.8 Å². The summed E-state index contributed by atoms with van der Waals surface area (Å²) in [5.74, 6) is 0.127. The first-order valence-corrected chi connectivity index (χ1v) is 13.6. The van der Waals surface area contributed by atoms with Crippen molar-refractivity contribution in [2.45, 2.75) is 43.9 Å². The minimum atomic E-state index is 0.127. The average Bonchev–Trinajstić information content (AvgIpc) is 3.31. The van der Waals surface area contributed by atoms with Crippen LogP contribution in [0.4, 0.5) is 5.69 Å². The minimum absolute atomic E-state index is 0.127. The molecule has 5 rings (SSSR count). The number of para-hydroxylation sites is 1. The van der Waals surface area contributed by atoms with Crippen LogP contribution in [0.2, 0.25) is 0 Å². The number of hydrazine groups is 1. The third kappa shape index (κ3) is 5.34. The lowest BCUT2D eigenvalue weighted by Crippen LogP contribution is -2.44. The van der Waals surface area contributed by atoms with E-state index in [2.05, 4.69) is 45.2 Å². The summed E-state index contributed by atoms with van der Waals surface area (Å²) in [5.41, 5.74) is 8.47. The number of allylic oxidation sites excluding steroid dienone is 1. The number of fused-ring (bicyclic) bond motifs is 1. The number of piperidine rings is 1. The van der Waals surface area contributed by atoms with E-state index in [1.54, 1.807) is 12.4 Å². The van der Waals surface area contributed by atoms with Crippen LogP contribution in [0.3, 0.4) is 0 Å². The van der Waals surface area contributed by atoms with Gasteiger partial charge in [-0.25, -0.2) is 5.43 Å². The lowest BCUT2D eigenvalue weighted by Gasteiger charge is -2.43. The summed E-state index contributed by atoms with van der Waals surface area (Å²) >= 11 is 1.50. The highest BCUT2D eigenvalue weighted by Crippen LogP contribution is 2.42. The molecule has 2 aliphatic heterocycles. The standard InChI is InChI=1S/C28H34N6OS/c1-3-12-28(20-23-11-15-31-33(23)2)13-18-34(19-14-28)27(35)21-7-9-22(10-8-21)32-36-25-6-4-5-24-26(25)30-17-16-29-24/h4-11,16-17,31-32H,3,12-15,18-20H2,1-2H3. The Labute approximate surface area is 217 Å². The zero-order valence-corrected chi connectivity index (χ0v) is 21.9. The van der Waals surface area contributed by atoms with Gasteiger partial charge < -0.3 is 14.6 Å². The van der Waals surface area contributed by atoms with Gasteiger partial charge in [-0.2, -0.15) is 0 Å². The number of hydrogen-bond acceptors (Lipinski definition) is 7. The third-order valence-corrected chi connectivity index (χ3v) is 8.30. The zero-order chi connectivity index (χ0) is 25.0. The number of nitrogens with zero attached hydrogens (tertiary/aromatic N) is 4. The molecule has 3 aromatic rings. The number of anilines is 1. The van der Waals surface area contributed by atoms with Crippen molar-refractivity contribution >= 4 is 34.6 Å². The van der Waals surface area contributed by atoms with Crippen molar-refractivity contribution in [3.8, 4) is 0 Å². The van der Waals surface area contributed by atoms with Crippen LogP contribution in [0.25, 0.3) is 11.0 Å². The van der Waals surface area contributed by atoms with Gasteiger partial charge in [0.05, 0.1) is 10.4 Å². The largest absolute Gasteiger partial charge is 0.339 e. The van der Waals surface area contributed by atoms with Crippen molar-refractivity contribution in [1.82, 2.24) is 25.3 Å². The van der Waals surface area contributed by atoms with Gasteiger partial charge in [-0.05, 0) is 85.5 Å². The molecule has 0 aliphatic carbocycles. The normalized spacial score (nSPS) is 17.3. The van der Waals surface area contributed by atoms with Crippen molar-refractivity contribution in [2.75, 3.05) is 31.4 Å². The van der Waals surface area contributed by atoms with Gasteiger partial charge in [0.1, 0.15) is 5.52 Å². The van der Waals surface area contributed by atoms with Gasteiger partial charge in [0.15, 0.2) is 0 Å². The Morgan fingerprint density at radius 2 is 1.89 bits per heavy atom. The molecule has 0 saturated carbocycles. The Bertz CT molecular complexity index is 1230. The fraction of sp³-hybridized carbons (Fsp3) is 0.393. The predicted molar refractivity (Wildman–Crippen MR) is 146 cm³/mol. The Kier molecular flexibility index (Phi) is 7.43. The monoisotopic (exact) mass is 502 g/mol. The van der Waals surface area contributed by atoms with Gasteiger partial charge in [0, 0.05) is 56.0 Å². The number of likely N-dealkylation sites (tertiary alicyclic amines) is 1. The van der Waals surface area contributed by atoms with Crippen LogP contribution in [0, 0.1) is 5.41 Å². The number of hydrogen-bond donors (Lipinski definition) is 2. The summed E-state index contributed by atoms with van der Waals surface area (Å²) in [6.07, 6.45) is 11.3. The quantitative estimate of drug-likeness (QED) is 0.394. The molecule has 2 N–H and O–H groups in total. The number of carbonyl (C=O) groups is 1.